The van der Waals surface area contributed by atoms with Gasteiger partial charge in [-0.25, -0.2) is 0 Å². The summed E-state index contributed by atoms with van der Waals surface area (Å²) in [6.07, 6.45) is 1.39. The van der Waals surface area contributed by atoms with E-state index in [1.807, 2.05) is 54.6 Å². The van der Waals surface area contributed by atoms with Gasteiger partial charge in [-0.05, 0) is 49.6 Å². The molecule has 4 aromatic rings. The number of hydrogen-bond donors (Lipinski definition) is 4. The topological polar surface area (TPSA) is 104 Å². The maximum Gasteiger partial charge on any atom is 0.142 e. The van der Waals surface area contributed by atoms with Crippen molar-refractivity contribution in [2.45, 2.75) is 51.2 Å². The zero-order valence-corrected chi connectivity index (χ0v) is 30.8. The first-order valence-electron chi connectivity index (χ1n) is 16.5. The van der Waals surface area contributed by atoms with Crippen LogP contribution in [0.25, 0.3) is 11.1 Å². The Balaban J connectivity index is 1.30. The van der Waals surface area contributed by atoms with Crippen LogP contribution in [-0.4, -0.2) is 71.3 Å². The van der Waals surface area contributed by atoms with E-state index in [-0.39, 0.29) is 39.1 Å². The number of β-amino-alcohol motifs (C(OH)–C–C–N with tert-alkyl or cyclic N) is 1. The molecule has 0 radical (unpaired) electrons. The Morgan fingerprint density at radius 3 is 2.24 bits per heavy atom. The molecule has 8 nitrogen and oxygen atoms in total. The highest BCUT2D eigenvalue weighted by atomic mass is 35.5. The zero-order chi connectivity index (χ0) is 35.7. The monoisotopic (exact) mass is 762 g/mol. The highest BCUT2D eigenvalue weighted by Crippen LogP contribution is 2.40. The van der Waals surface area contributed by atoms with Gasteiger partial charge < -0.3 is 39.7 Å². The largest absolute Gasteiger partial charge is 0.492 e. The second kappa shape index (κ2) is 18.1. The molecule has 4 N–H and O–H groups in total. The van der Waals surface area contributed by atoms with Crippen molar-refractivity contribution in [2.75, 3.05) is 39.5 Å². The van der Waals surface area contributed by atoms with Gasteiger partial charge in [0.15, 0.2) is 0 Å². The van der Waals surface area contributed by atoms with E-state index >= 15 is 0 Å². The van der Waals surface area contributed by atoms with Crippen molar-refractivity contribution in [3.63, 3.8) is 0 Å². The molecule has 1 heterocycles. The fourth-order valence-electron chi connectivity index (χ4n) is 5.59. The highest BCUT2D eigenvalue weighted by molar-refractivity contribution is 6.37. The molecule has 1 fully saturated rings. The van der Waals surface area contributed by atoms with Crippen molar-refractivity contribution in [3.05, 3.63) is 110 Å². The molecular formula is C38H42Cl4N2O6. The first kappa shape index (κ1) is 38.5. The molecule has 0 unspecified atom stereocenters. The van der Waals surface area contributed by atoms with Crippen LogP contribution in [0.1, 0.15) is 36.5 Å². The van der Waals surface area contributed by atoms with Crippen molar-refractivity contribution in [1.82, 2.24) is 10.2 Å². The Labute approximate surface area is 313 Å². The minimum Gasteiger partial charge on any atom is -0.492 e. The third-order valence-corrected chi connectivity index (χ3v) is 10.0. The number of nitrogens with zero attached hydrogens (tertiary/aromatic N) is 1. The number of aliphatic hydroxyl groups excluding tert-OH is 3. The summed E-state index contributed by atoms with van der Waals surface area (Å²) in [6, 6.07) is 22.2. The molecule has 268 valence electrons. The lowest BCUT2D eigenvalue weighted by Gasteiger charge is -2.27. The zero-order valence-electron chi connectivity index (χ0n) is 27.8. The van der Waals surface area contributed by atoms with E-state index in [1.165, 1.54) is 0 Å². The Morgan fingerprint density at radius 1 is 0.800 bits per heavy atom. The minimum absolute atomic E-state index is 0.115. The van der Waals surface area contributed by atoms with Crippen LogP contribution in [0, 0.1) is 0 Å². The van der Waals surface area contributed by atoms with Gasteiger partial charge in [0.05, 0.1) is 46.5 Å². The molecule has 0 saturated carbocycles. The van der Waals surface area contributed by atoms with Gasteiger partial charge in [-0.2, -0.15) is 0 Å². The molecule has 0 spiro atoms. The minimum atomic E-state index is -0.902. The molecule has 1 aliphatic rings. The van der Waals surface area contributed by atoms with Gasteiger partial charge in [0.25, 0.3) is 0 Å². The summed E-state index contributed by atoms with van der Waals surface area (Å²) in [7, 11) is 0. The first-order chi connectivity index (χ1) is 24.1. The molecule has 1 atom stereocenters. The number of benzene rings is 4. The van der Waals surface area contributed by atoms with Crippen LogP contribution in [-0.2, 0) is 19.8 Å². The Hall–Kier alpha value is -2.76. The van der Waals surface area contributed by atoms with Gasteiger partial charge in [0.1, 0.15) is 30.5 Å². The summed E-state index contributed by atoms with van der Waals surface area (Å²) in [5.74, 6) is 1.48. The van der Waals surface area contributed by atoms with E-state index in [2.05, 4.69) is 10.2 Å². The van der Waals surface area contributed by atoms with Crippen molar-refractivity contribution in [1.29, 1.82) is 0 Å². The van der Waals surface area contributed by atoms with Crippen LogP contribution in [0.15, 0.2) is 72.8 Å². The van der Waals surface area contributed by atoms with E-state index < -0.39 is 5.54 Å². The lowest BCUT2D eigenvalue weighted by Crippen LogP contribution is -2.48. The number of halogens is 4. The summed E-state index contributed by atoms with van der Waals surface area (Å²) >= 11 is 26.7. The predicted octanol–water partition coefficient (Wildman–Crippen LogP) is 7.79. The van der Waals surface area contributed by atoms with Crippen LogP contribution in [0.4, 0.5) is 0 Å². The van der Waals surface area contributed by atoms with Crippen molar-refractivity contribution in [3.8, 4) is 28.4 Å². The quantitative estimate of drug-likeness (QED) is 0.0809. The van der Waals surface area contributed by atoms with Crippen molar-refractivity contribution in [2.24, 2.45) is 0 Å². The summed E-state index contributed by atoms with van der Waals surface area (Å²) in [6.45, 7) is 4.79. The molecule has 1 aliphatic heterocycles. The fourth-order valence-corrected chi connectivity index (χ4v) is 6.61. The average molecular weight is 765 g/mol. The lowest BCUT2D eigenvalue weighted by molar-refractivity contribution is 0.103. The molecule has 5 rings (SSSR count). The van der Waals surface area contributed by atoms with Crippen LogP contribution < -0.4 is 19.5 Å². The standard InChI is InChI=1S/C38H42Cl4N2O6/c1-38(23-45,24-46)43-19-27-17-32(40)35(18-34(27)49-21-25-6-2-8-28(39)16-25)50-22-26-7-3-9-30(36(26)41)31-10-4-11-33(37(31)42)48-15-5-13-44-14-12-29(47)20-44/h2-4,6-11,16-18,29,43,45-47H,5,12-15,19-24H2,1H3/t29-/m1/s1. The molecular weight excluding hydrogens is 722 g/mol. The third-order valence-electron chi connectivity index (χ3n) is 8.64. The molecule has 0 amide bonds. The number of rotatable bonds is 17. The Morgan fingerprint density at radius 2 is 1.52 bits per heavy atom. The number of nitrogens with one attached hydrogen (secondary N) is 1. The molecule has 0 aromatic heterocycles. The highest BCUT2D eigenvalue weighted by Gasteiger charge is 2.23. The summed E-state index contributed by atoms with van der Waals surface area (Å²) in [4.78, 5) is 2.24. The normalized spacial score (nSPS) is 15.0. The van der Waals surface area contributed by atoms with E-state index in [0.29, 0.717) is 56.1 Å². The van der Waals surface area contributed by atoms with Gasteiger partial charge in [-0.15, -0.1) is 0 Å². The van der Waals surface area contributed by atoms with Crippen molar-refractivity contribution >= 4 is 46.4 Å². The number of likely N-dealkylation sites (tertiary alicyclic amines) is 1. The van der Waals surface area contributed by atoms with Gasteiger partial charge in [-0.3, -0.25) is 0 Å². The van der Waals surface area contributed by atoms with E-state index in [4.69, 9.17) is 60.6 Å². The van der Waals surface area contributed by atoms with Crippen LogP contribution in [0.2, 0.25) is 20.1 Å². The van der Waals surface area contributed by atoms with Crippen molar-refractivity contribution < 1.29 is 29.5 Å². The summed E-state index contributed by atoms with van der Waals surface area (Å²) in [5, 5.41) is 34.4. The van der Waals surface area contributed by atoms with Crippen LogP contribution in [0.5, 0.6) is 17.2 Å². The number of ether oxygens (including phenoxy) is 3. The van der Waals surface area contributed by atoms with Crippen LogP contribution in [0.3, 0.4) is 0 Å². The van der Waals surface area contributed by atoms with Gasteiger partial charge in [0, 0.05) is 59.5 Å². The SMILES string of the molecule is CC(CO)(CO)NCc1cc(Cl)c(OCc2cccc(-c3cccc(OCCCN4CC[C@@H](O)C4)c3Cl)c2Cl)cc1OCc1cccc(Cl)c1. The summed E-state index contributed by atoms with van der Waals surface area (Å²) in [5.41, 5.74) is 2.89. The Kier molecular flexibility index (Phi) is 14.0. The number of aliphatic hydroxyl groups is 3. The molecule has 4 aromatic carbocycles. The third kappa shape index (κ3) is 10.2. The molecule has 1 saturated heterocycles. The second-order valence-electron chi connectivity index (χ2n) is 12.7. The maximum absolute atomic E-state index is 9.77. The van der Waals surface area contributed by atoms with E-state index in [9.17, 15) is 15.3 Å². The second-order valence-corrected chi connectivity index (χ2v) is 14.3. The predicted molar refractivity (Wildman–Crippen MR) is 200 cm³/mol. The number of hydrogen-bond acceptors (Lipinski definition) is 8. The summed E-state index contributed by atoms with van der Waals surface area (Å²) < 4.78 is 18.5. The van der Waals surface area contributed by atoms with Crippen LogP contribution >= 0.6 is 46.4 Å². The fraction of sp³-hybridized carbons (Fsp3) is 0.368. The van der Waals surface area contributed by atoms with Gasteiger partial charge in [-0.1, -0.05) is 88.9 Å². The van der Waals surface area contributed by atoms with E-state index in [0.717, 1.165) is 48.2 Å². The first-order valence-corrected chi connectivity index (χ1v) is 18.0. The lowest BCUT2D eigenvalue weighted by atomic mass is 10.0. The smallest absolute Gasteiger partial charge is 0.142 e. The maximum atomic E-state index is 9.77. The van der Waals surface area contributed by atoms with E-state index in [1.54, 1.807) is 25.1 Å². The Bertz CT molecular complexity index is 1740. The van der Waals surface area contributed by atoms with Gasteiger partial charge >= 0.3 is 0 Å². The molecule has 0 aliphatic carbocycles. The molecule has 50 heavy (non-hydrogen) atoms. The molecule has 0 bridgehead atoms. The van der Waals surface area contributed by atoms with Gasteiger partial charge in [0.2, 0.25) is 0 Å². The average Bonchev–Trinajstić information content (AvgIpc) is 3.54. The molecule has 12 heteroatoms.